The highest BCUT2D eigenvalue weighted by Gasteiger charge is 2.44. The quantitative estimate of drug-likeness (QED) is 0.0487. The number of fused-ring (bicyclic) bond motifs is 6. The van der Waals surface area contributed by atoms with Crippen molar-refractivity contribution < 1.29 is 17.6 Å². The molecule has 20 aromatic rings. The Hall–Kier alpha value is -13.5. The van der Waals surface area contributed by atoms with Crippen LogP contribution in [0, 0.1) is 11.6 Å². The van der Waals surface area contributed by atoms with Crippen LogP contribution in [0.15, 0.2) is 397 Å². The molecular formula is C106H78F2N2O2Si2. The van der Waals surface area contributed by atoms with Crippen molar-refractivity contribution in [3.8, 4) is 22.3 Å². The lowest BCUT2D eigenvalue weighted by molar-refractivity contribution is 0.628. The Morgan fingerprint density at radius 3 is 0.851 bits per heavy atom. The lowest BCUT2D eigenvalue weighted by atomic mass is 9.83. The largest absolute Gasteiger partial charge is 0.454 e. The number of para-hydroxylation sites is 6. The average Bonchev–Trinajstić information content (AvgIpc) is 0.912. The van der Waals surface area contributed by atoms with E-state index >= 15 is 8.78 Å². The van der Waals surface area contributed by atoms with E-state index in [1.54, 1.807) is 12.1 Å². The van der Waals surface area contributed by atoms with Crippen molar-refractivity contribution in [3.05, 3.63) is 411 Å². The van der Waals surface area contributed by atoms with E-state index in [2.05, 4.69) is 365 Å². The van der Waals surface area contributed by atoms with Gasteiger partial charge in [-0.3, -0.25) is 0 Å². The highest BCUT2D eigenvalue weighted by Crippen LogP contribution is 2.56. The van der Waals surface area contributed by atoms with Crippen molar-refractivity contribution >= 4 is 168 Å². The third kappa shape index (κ3) is 11.1. The summed E-state index contributed by atoms with van der Waals surface area (Å²) in [5, 5.41) is 19.7. The molecule has 0 aliphatic rings. The molecule has 0 amide bonds. The predicted molar refractivity (Wildman–Crippen MR) is 480 cm³/mol. The molecule has 114 heavy (non-hydrogen) atoms. The maximum absolute atomic E-state index is 18.9. The number of rotatable bonds is 18. The molecule has 2 aromatic heterocycles. The molecule has 0 aliphatic carbocycles. The van der Waals surface area contributed by atoms with Crippen molar-refractivity contribution in [2.75, 3.05) is 9.80 Å². The Balaban J connectivity index is 0.841. The zero-order valence-electron chi connectivity index (χ0n) is 63.6. The lowest BCUT2D eigenvalue weighted by Gasteiger charge is -2.35. The Labute approximate surface area is 663 Å². The van der Waals surface area contributed by atoms with Gasteiger partial charge in [-0.2, -0.15) is 0 Å². The van der Waals surface area contributed by atoms with Gasteiger partial charge in [-0.1, -0.05) is 367 Å². The number of benzene rings is 18. The van der Waals surface area contributed by atoms with Crippen LogP contribution in [0.25, 0.3) is 98.4 Å². The second-order valence-corrected chi connectivity index (χ2v) is 38.3. The van der Waals surface area contributed by atoms with E-state index in [4.69, 9.17) is 8.83 Å². The molecular weight excluding hydrogens is 1430 g/mol. The summed E-state index contributed by atoms with van der Waals surface area (Å²) < 4.78 is 52.0. The van der Waals surface area contributed by atoms with Crippen LogP contribution >= 0.6 is 0 Å². The number of halogens is 2. The van der Waals surface area contributed by atoms with Gasteiger partial charge >= 0.3 is 0 Å². The first-order chi connectivity index (χ1) is 56.1. The lowest BCUT2D eigenvalue weighted by Crippen LogP contribution is -2.74. The summed E-state index contributed by atoms with van der Waals surface area (Å²) in [7, 11) is -5.93. The van der Waals surface area contributed by atoms with Crippen molar-refractivity contribution in [3.63, 3.8) is 0 Å². The summed E-state index contributed by atoms with van der Waals surface area (Å²) >= 11 is 0. The zero-order chi connectivity index (χ0) is 76.8. The molecule has 0 unspecified atom stereocenters. The van der Waals surface area contributed by atoms with Crippen molar-refractivity contribution in [1.29, 1.82) is 0 Å². The van der Waals surface area contributed by atoms with E-state index in [0.29, 0.717) is 45.0 Å². The van der Waals surface area contributed by atoms with Gasteiger partial charge in [0.15, 0.2) is 27.3 Å². The highest BCUT2D eigenvalue weighted by atomic mass is 28.3. The predicted octanol–water partition coefficient (Wildman–Crippen LogP) is 23.9. The maximum atomic E-state index is 18.9. The summed E-state index contributed by atoms with van der Waals surface area (Å²) in [4.78, 5) is 4.31. The molecule has 0 bridgehead atoms. The number of hydrogen-bond donors (Lipinski definition) is 0. The van der Waals surface area contributed by atoms with Gasteiger partial charge in [0.2, 0.25) is 0 Å². The molecule has 0 saturated carbocycles. The van der Waals surface area contributed by atoms with Crippen LogP contribution in [-0.4, -0.2) is 16.1 Å². The number of anilines is 6. The van der Waals surface area contributed by atoms with Crippen molar-refractivity contribution in [2.24, 2.45) is 0 Å². The van der Waals surface area contributed by atoms with Gasteiger partial charge in [-0.05, 0) is 146 Å². The van der Waals surface area contributed by atoms with Crippen LogP contribution in [0.2, 0.25) is 0 Å². The monoisotopic (exact) mass is 1500 g/mol. The maximum Gasteiger partial charge on any atom is 0.179 e. The molecule has 4 nitrogen and oxygen atoms in total. The molecule has 20 rings (SSSR count). The molecule has 546 valence electrons. The van der Waals surface area contributed by atoms with Crippen LogP contribution in [0.3, 0.4) is 0 Å². The van der Waals surface area contributed by atoms with Gasteiger partial charge in [-0.25, -0.2) is 8.78 Å². The van der Waals surface area contributed by atoms with E-state index < -0.39 is 27.8 Å². The Morgan fingerprint density at radius 2 is 0.526 bits per heavy atom. The SMILES string of the molecule is CC(C)c1cc(N(c2c(F)cccc2-c2ccc([Si](c3ccccc3)(c3ccccc3)c3ccccc3)cc2)c2cccc3c2oc2ccccc23)c2ccc3c(C(C)C)cc(N(c4c(F)cccc4-c4ccc([Si](c5ccccc5)(c5ccccc5)c5ccccc5)cc4)c4cccc5c4oc4ccccc45)c4ccc1c2c34. The standard InChI is InChI=1S/C106H78F2N2O2Si2/c1-69(2)91-67-97(109(95-51-29-47-87-83-43-23-25-53-99(83)111-105(87)95)103-81(45-27-49-93(103)107)71-55-59-79(60-56-71)113(73-31-11-5-12-32-73,74-33-13-6-14-34-74)75-35-15-7-16-36-75)89-66-64-86-92(70(3)4)68-98(90-65-63-85(91)101(89)102(86)90)110(96-52-30-48-88-84-44-24-26-54-100(84)112-106(88)96)104-82(46-28-50-94(104)108)72-57-61-80(62-58-72)114(76-37-17-8-18-38-76,77-39-19-9-20-40-77)78-41-21-10-22-42-78/h5-70H,1-4H3. The fourth-order valence-electron chi connectivity index (χ4n) is 18.8. The summed E-state index contributed by atoms with van der Waals surface area (Å²) in [5.74, 6) is -0.841. The molecule has 0 saturated heterocycles. The van der Waals surface area contributed by atoms with Gasteiger partial charge < -0.3 is 18.6 Å². The third-order valence-electron chi connectivity index (χ3n) is 23.8. The minimum atomic E-state index is -2.97. The minimum Gasteiger partial charge on any atom is -0.454 e. The van der Waals surface area contributed by atoms with Gasteiger partial charge in [0.25, 0.3) is 0 Å². The van der Waals surface area contributed by atoms with Crippen molar-refractivity contribution in [1.82, 2.24) is 0 Å². The molecule has 8 heteroatoms. The first-order valence-electron chi connectivity index (χ1n) is 39.4. The Morgan fingerprint density at radius 1 is 0.246 bits per heavy atom. The van der Waals surface area contributed by atoms with Crippen LogP contribution in [-0.2, 0) is 0 Å². The highest BCUT2D eigenvalue weighted by molar-refractivity contribution is 7.20. The summed E-state index contributed by atoms with van der Waals surface area (Å²) in [6.45, 7) is 9.00. The topological polar surface area (TPSA) is 32.8 Å². The summed E-state index contributed by atoms with van der Waals surface area (Å²) in [6, 6.07) is 137. The second-order valence-electron chi connectivity index (χ2n) is 30.6. The zero-order valence-corrected chi connectivity index (χ0v) is 65.6. The minimum absolute atomic E-state index is 0.0208. The van der Waals surface area contributed by atoms with Gasteiger partial charge in [0, 0.05) is 43.4 Å². The van der Waals surface area contributed by atoms with Crippen molar-refractivity contribution in [2.45, 2.75) is 39.5 Å². The molecule has 0 aliphatic heterocycles. The summed E-state index contributed by atoms with van der Waals surface area (Å²) in [5.41, 5.74) is 11.7. The van der Waals surface area contributed by atoms with E-state index in [1.165, 1.54) is 41.5 Å². The Kier molecular flexibility index (Phi) is 17.3. The number of hydrogen-bond acceptors (Lipinski definition) is 4. The third-order valence-corrected chi connectivity index (χ3v) is 33.4. The second kappa shape index (κ2) is 28.4. The normalized spacial score (nSPS) is 12.1. The fraction of sp³-hybridized carbons (Fsp3) is 0.0566. The summed E-state index contributed by atoms with van der Waals surface area (Å²) in [6.07, 6.45) is 0. The van der Waals surface area contributed by atoms with Gasteiger partial charge in [0.1, 0.15) is 22.8 Å². The molecule has 2 heterocycles. The van der Waals surface area contributed by atoms with E-state index in [0.717, 1.165) is 98.7 Å². The molecule has 18 aromatic carbocycles. The molecule has 0 atom stereocenters. The smallest absolute Gasteiger partial charge is 0.179 e. The molecule has 0 fully saturated rings. The van der Waals surface area contributed by atoms with Crippen LogP contribution in [0.5, 0.6) is 0 Å². The van der Waals surface area contributed by atoms with E-state index in [1.807, 2.05) is 48.5 Å². The molecule has 0 radical (unpaired) electrons. The van der Waals surface area contributed by atoms with E-state index in [-0.39, 0.29) is 11.8 Å². The Bertz CT molecular complexity index is 6380. The first kappa shape index (κ1) is 69.7. The average molecular weight is 1510 g/mol. The first-order valence-corrected chi connectivity index (χ1v) is 43.4. The van der Waals surface area contributed by atoms with E-state index in [9.17, 15) is 0 Å². The van der Waals surface area contributed by atoms with Crippen LogP contribution in [0.1, 0.15) is 50.7 Å². The van der Waals surface area contributed by atoms with Gasteiger partial charge in [-0.15, -0.1) is 0 Å². The van der Waals surface area contributed by atoms with Gasteiger partial charge in [0.05, 0.1) is 34.1 Å². The van der Waals surface area contributed by atoms with Crippen LogP contribution < -0.4 is 51.3 Å². The molecule has 0 spiro atoms. The van der Waals surface area contributed by atoms with Crippen LogP contribution in [0.4, 0.5) is 42.9 Å². The number of nitrogens with zero attached hydrogens (tertiary/aromatic N) is 2. The number of furan rings is 2. The fourth-order valence-corrected chi connectivity index (χ4v) is 28.3. The molecule has 0 N–H and O–H groups in total.